The SMILES string of the molecule is CN(C)c1ccc(N2C(=O)C(n3cc(C=O)c4ccccc43)C2c2c3ccccc3cc3ccccc23)cc1. The van der Waals surface area contributed by atoms with Gasteiger partial charge in [-0.05, 0) is 63.5 Å². The second-order valence-electron chi connectivity index (χ2n) is 10.4. The fraction of sp³-hybridized carbons (Fsp3) is 0.118. The second-order valence-corrected chi connectivity index (χ2v) is 10.4. The number of benzene rings is 5. The Morgan fingerprint density at radius 2 is 1.31 bits per heavy atom. The molecule has 5 nitrogen and oxygen atoms in total. The van der Waals surface area contributed by atoms with E-state index in [1.807, 2.05) is 83.2 Å². The Morgan fingerprint density at radius 1 is 0.718 bits per heavy atom. The van der Waals surface area contributed by atoms with Crippen LogP contribution in [0.5, 0.6) is 0 Å². The highest BCUT2D eigenvalue weighted by Gasteiger charge is 2.51. The molecule has 0 N–H and O–H groups in total. The van der Waals surface area contributed by atoms with Gasteiger partial charge in [0, 0.05) is 48.1 Å². The molecule has 1 fully saturated rings. The van der Waals surface area contributed by atoms with Crippen LogP contribution in [-0.4, -0.2) is 30.9 Å². The fourth-order valence-electron chi connectivity index (χ4n) is 6.15. The Bertz CT molecular complexity index is 1850. The lowest BCUT2D eigenvalue weighted by Gasteiger charge is -2.49. The number of carbonyl (C=O) groups is 2. The van der Waals surface area contributed by atoms with E-state index in [1.54, 1.807) is 0 Å². The minimum Gasteiger partial charge on any atom is -0.378 e. The van der Waals surface area contributed by atoms with Crippen molar-refractivity contribution in [2.75, 3.05) is 23.9 Å². The Morgan fingerprint density at radius 3 is 1.92 bits per heavy atom. The van der Waals surface area contributed by atoms with Gasteiger partial charge in [0.25, 0.3) is 5.91 Å². The van der Waals surface area contributed by atoms with E-state index in [9.17, 15) is 9.59 Å². The molecule has 0 radical (unpaired) electrons. The predicted molar refractivity (Wildman–Crippen MR) is 159 cm³/mol. The van der Waals surface area contributed by atoms with Gasteiger partial charge in [-0.25, -0.2) is 0 Å². The first kappa shape index (κ1) is 23.2. The number of aldehydes is 1. The van der Waals surface area contributed by atoms with Crippen LogP contribution in [0, 0.1) is 0 Å². The summed E-state index contributed by atoms with van der Waals surface area (Å²) in [6.07, 6.45) is 2.72. The largest absolute Gasteiger partial charge is 0.378 e. The van der Waals surface area contributed by atoms with Crippen molar-refractivity contribution in [3.63, 3.8) is 0 Å². The van der Waals surface area contributed by atoms with Crippen LogP contribution in [0.3, 0.4) is 0 Å². The van der Waals surface area contributed by atoms with Gasteiger partial charge in [0.2, 0.25) is 0 Å². The van der Waals surface area contributed by atoms with Gasteiger partial charge in [0.05, 0.1) is 6.04 Å². The number of amides is 1. The molecule has 1 amide bonds. The summed E-state index contributed by atoms with van der Waals surface area (Å²) in [5, 5.41) is 5.38. The van der Waals surface area contributed by atoms with E-state index in [1.165, 1.54) is 0 Å². The summed E-state index contributed by atoms with van der Waals surface area (Å²) in [7, 11) is 4.01. The van der Waals surface area contributed by atoms with Crippen molar-refractivity contribution in [1.82, 2.24) is 4.57 Å². The number of hydrogen-bond acceptors (Lipinski definition) is 3. The molecular weight excluding hydrogens is 482 g/mol. The highest BCUT2D eigenvalue weighted by atomic mass is 16.2. The summed E-state index contributed by atoms with van der Waals surface area (Å²) >= 11 is 0. The molecule has 1 aromatic heterocycles. The van der Waals surface area contributed by atoms with Crippen LogP contribution in [0.4, 0.5) is 11.4 Å². The highest BCUT2D eigenvalue weighted by molar-refractivity contribution is 6.11. The lowest BCUT2D eigenvalue weighted by molar-refractivity contribution is -0.129. The molecule has 5 heteroatoms. The predicted octanol–water partition coefficient (Wildman–Crippen LogP) is 7.16. The molecule has 1 aliphatic rings. The molecule has 1 aliphatic heterocycles. The average Bonchev–Trinajstić information content (AvgIpc) is 3.33. The van der Waals surface area contributed by atoms with Crippen molar-refractivity contribution >= 4 is 56.0 Å². The van der Waals surface area contributed by atoms with E-state index in [0.29, 0.717) is 5.56 Å². The number of nitrogens with zero attached hydrogens (tertiary/aromatic N) is 3. The van der Waals surface area contributed by atoms with Crippen LogP contribution in [0.2, 0.25) is 0 Å². The van der Waals surface area contributed by atoms with Crippen LogP contribution in [0.1, 0.15) is 28.0 Å². The molecule has 6 aromatic rings. The van der Waals surface area contributed by atoms with Crippen LogP contribution in [0.15, 0.2) is 109 Å². The lowest BCUT2D eigenvalue weighted by Crippen LogP contribution is -2.56. The normalized spacial score (nSPS) is 17.1. The van der Waals surface area contributed by atoms with Crippen molar-refractivity contribution < 1.29 is 9.59 Å². The second kappa shape index (κ2) is 8.84. The van der Waals surface area contributed by atoms with Crippen molar-refractivity contribution in [3.8, 4) is 0 Å². The van der Waals surface area contributed by atoms with Crippen molar-refractivity contribution in [2.45, 2.75) is 12.1 Å². The van der Waals surface area contributed by atoms with Crippen LogP contribution < -0.4 is 9.80 Å². The molecule has 5 aromatic carbocycles. The molecular formula is C34H27N3O2. The molecule has 7 rings (SSSR count). The van der Waals surface area contributed by atoms with Crippen LogP contribution >= 0.6 is 0 Å². The minimum absolute atomic E-state index is 0.00724. The first-order valence-electron chi connectivity index (χ1n) is 13.1. The quantitative estimate of drug-likeness (QED) is 0.141. The van der Waals surface area contributed by atoms with Gasteiger partial charge in [-0.15, -0.1) is 0 Å². The number of aromatic nitrogens is 1. The number of rotatable bonds is 5. The number of anilines is 2. The topological polar surface area (TPSA) is 45.5 Å². The maximum Gasteiger partial charge on any atom is 0.253 e. The minimum atomic E-state index is -0.494. The van der Waals surface area contributed by atoms with E-state index in [2.05, 4.69) is 54.6 Å². The zero-order valence-corrected chi connectivity index (χ0v) is 21.8. The molecule has 0 spiro atoms. The molecule has 0 saturated carbocycles. The van der Waals surface area contributed by atoms with E-state index in [0.717, 1.165) is 55.7 Å². The summed E-state index contributed by atoms with van der Waals surface area (Å²) in [5.74, 6) is 0.00724. The van der Waals surface area contributed by atoms with Gasteiger partial charge in [-0.2, -0.15) is 0 Å². The standard InChI is InChI=1S/C34H27N3O2/c1-35(2)25-15-17-26(18-16-25)37-32(31-28-12-5-3-9-22(28)19-23-10-4-6-13-29(23)31)33(34(37)39)36-20-24(21-38)27-11-7-8-14-30(27)36/h3-21,32-33H,1-2H3. The van der Waals surface area contributed by atoms with Gasteiger partial charge < -0.3 is 14.4 Å². The maximum absolute atomic E-state index is 14.2. The molecule has 0 bridgehead atoms. The number of β-lactam (4-membered cyclic amide) rings is 1. The lowest BCUT2D eigenvalue weighted by atomic mass is 9.82. The summed E-state index contributed by atoms with van der Waals surface area (Å²) in [6.45, 7) is 0. The number of hydrogen-bond donors (Lipinski definition) is 0. The Labute approximate surface area is 226 Å². The first-order valence-corrected chi connectivity index (χ1v) is 13.1. The van der Waals surface area contributed by atoms with Crippen molar-refractivity contribution in [2.24, 2.45) is 0 Å². The molecule has 2 atom stereocenters. The van der Waals surface area contributed by atoms with E-state index < -0.39 is 6.04 Å². The Kier molecular flexibility index (Phi) is 5.27. The van der Waals surface area contributed by atoms with Crippen molar-refractivity contribution in [3.05, 3.63) is 120 Å². The highest BCUT2D eigenvalue weighted by Crippen LogP contribution is 2.51. The zero-order chi connectivity index (χ0) is 26.7. The Hall–Kier alpha value is -4.90. The molecule has 39 heavy (non-hydrogen) atoms. The smallest absolute Gasteiger partial charge is 0.253 e. The van der Waals surface area contributed by atoms with Crippen molar-refractivity contribution in [1.29, 1.82) is 0 Å². The van der Waals surface area contributed by atoms with E-state index in [4.69, 9.17) is 0 Å². The summed E-state index contributed by atoms with van der Waals surface area (Å²) < 4.78 is 2.01. The van der Waals surface area contributed by atoms with Gasteiger partial charge in [-0.1, -0.05) is 66.7 Å². The third-order valence-electron chi connectivity index (χ3n) is 8.02. The zero-order valence-electron chi connectivity index (χ0n) is 21.8. The fourth-order valence-corrected chi connectivity index (χ4v) is 6.15. The van der Waals surface area contributed by atoms with E-state index >= 15 is 0 Å². The third kappa shape index (κ3) is 3.47. The van der Waals surface area contributed by atoms with Gasteiger partial charge >= 0.3 is 0 Å². The third-order valence-corrected chi connectivity index (χ3v) is 8.02. The van der Waals surface area contributed by atoms with Crippen LogP contribution in [-0.2, 0) is 4.79 Å². The summed E-state index contributed by atoms with van der Waals surface area (Å²) in [6, 6.07) is 34.2. The maximum atomic E-state index is 14.2. The van der Waals surface area contributed by atoms with E-state index in [-0.39, 0.29) is 11.9 Å². The Balaban J connectivity index is 1.51. The number of para-hydroxylation sites is 1. The number of fused-ring (bicyclic) bond motifs is 3. The summed E-state index contributed by atoms with van der Waals surface area (Å²) in [4.78, 5) is 30.2. The molecule has 0 aliphatic carbocycles. The van der Waals surface area contributed by atoms with Gasteiger partial charge in [0.1, 0.15) is 6.04 Å². The molecule has 190 valence electrons. The van der Waals surface area contributed by atoms with Gasteiger partial charge in [-0.3, -0.25) is 9.59 Å². The summed E-state index contributed by atoms with van der Waals surface area (Å²) in [5.41, 5.74) is 4.53. The number of carbonyl (C=O) groups excluding carboxylic acids is 2. The van der Waals surface area contributed by atoms with Crippen LogP contribution in [0.25, 0.3) is 32.4 Å². The molecule has 2 heterocycles. The van der Waals surface area contributed by atoms with Gasteiger partial charge in [0.15, 0.2) is 6.29 Å². The molecule has 1 saturated heterocycles. The molecule has 2 unspecified atom stereocenters. The monoisotopic (exact) mass is 509 g/mol. The first-order chi connectivity index (χ1) is 19.1. The average molecular weight is 510 g/mol.